The van der Waals surface area contributed by atoms with Crippen LogP contribution in [-0.4, -0.2) is 28.6 Å². The molecule has 0 saturated carbocycles. The summed E-state index contributed by atoms with van der Waals surface area (Å²) in [6.07, 6.45) is -0.186. The maximum absolute atomic E-state index is 12.9. The minimum Gasteiger partial charge on any atom is -0.419 e. The molecule has 2 unspecified atom stereocenters. The van der Waals surface area contributed by atoms with E-state index < -0.39 is 18.0 Å². The number of rotatable bonds is 8. The van der Waals surface area contributed by atoms with Crippen LogP contribution in [0.2, 0.25) is 0 Å². The summed E-state index contributed by atoms with van der Waals surface area (Å²) in [6, 6.07) is 18.5. The van der Waals surface area contributed by atoms with Crippen LogP contribution in [0.5, 0.6) is 11.5 Å². The SMILES string of the molecule is CCC(NC(C)(C)C)C(O)c1ccc(OC(=O)c2ccc(C)cc2)c(OC(=O)c2ccc(C)cc2)c1. The van der Waals surface area contributed by atoms with Gasteiger partial charge in [-0.05, 0) is 83.0 Å². The van der Waals surface area contributed by atoms with Gasteiger partial charge in [-0.15, -0.1) is 0 Å². The predicted octanol–water partition coefficient (Wildman–Crippen LogP) is 5.94. The monoisotopic (exact) mass is 489 g/mol. The average molecular weight is 490 g/mol. The smallest absolute Gasteiger partial charge is 0.343 e. The molecule has 0 amide bonds. The lowest BCUT2D eigenvalue weighted by Crippen LogP contribution is -2.46. The molecule has 6 heteroatoms. The molecule has 0 saturated heterocycles. The number of carbonyl (C=O) groups is 2. The normalized spacial score (nSPS) is 13.1. The van der Waals surface area contributed by atoms with E-state index in [1.54, 1.807) is 42.5 Å². The van der Waals surface area contributed by atoms with Gasteiger partial charge in [-0.1, -0.05) is 48.4 Å². The van der Waals surface area contributed by atoms with E-state index in [9.17, 15) is 14.7 Å². The molecule has 0 bridgehead atoms. The van der Waals surface area contributed by atoms with Crippen LogP contribution in [0.4, 0.5) is 0 Å². The third-order valence-electron chi connectivity index (χ3n) is 5.73. The van der Waals surface area contributed by atoms with Crippen LogP contribution in [0.3, 0.4) is 0 Å². The number of hydrogen-bond donors (Lipinski definition) is 2. The molecule has 0 aromatic heterocycles. The Labute approximate surface area is 213 Å². The Bertz CT molecular complexity index is 1190. The van der Waals surface area contributed by atoms with E-state index in [1.165, 1.54) is 0 Å². The summed E-state index contributed by atoms with van der Waals surface area (Å²) in [5, 5.41) is 14.5. The summed E-state index contributed by atoms with van der Waals surface area (Å²) in [6.45, 7) is 11.9. The number of aliphatic hydroxyl groups excluding tert-OH is 1. The van der Waals surface area contributed by atoms with E-state index in [0.717, 1.165) is 11.1 Å². The first-order chi connectivity index (χ1) is 17.0. The lowest BCUT2D eigenvalue weighted by atomic mass is 9.96. The lowest BCUT2D eigenvalue weighted by Gasteiger charge is -2.31. The molecule has 0 aliphatic heterocycles. The summed E-state index contributed by atoms with van der Waals surface area (Å²) >= 11 is 0. The minimum atomic E-state index is -0.868. The maximum atomic E-state index is 12.9. The molecule has 0 heterocycles. The van der Waals surface area contributed by atoms with Gasteiger partial charge < -0.3 is 19.9 Å². The van der Waals surface area contributed by atoms with Gasteiger partial charge in [-0.25, -0.2) is 9.59 Å². The van der Waals surface area contributed by atoms with Crippen molar-refractivity contribution in [1.82, 2.24) is 5.32 Å². The number of hydrogen-bond acceptors (Lipinski definition) is 6. The molecule has 2 atom stereocenters. The van der Waals surface area contributed by atoms with E-state index in [2.05, 4.69) is 5.32 Å². The Kier molecular flexibility index (Phi) is 8.66. The first kappa shape index (κ1) is 27.1. The molecule has 36 heavy (non-hydrogen) atoms. The van der Waals surface area contributed by atoms with Crippen molar-refractivity contribution in [3.8, 4) is 11.5 Å². The van der Waals surface area contributed by atoms with Crippen molar-refractivity contribution in [1.29, 1.82) is 0 Å². The highest BCUT2D eigenvalue weighted by molar-refractivity contribution is 5.93. The molecule has 0 fully saturated rings. The first-order valence-corrected chi connectivity index (χ1v) is 12.1. The molecule has 2 N–H and O–H groups in total. The molecule has 0 radical (unpaired) electrons. The quantitative estimate of drug-likeness (QED) is 0.301. The standard InChI is InChI=1S/C30H35NO5/c1-7-24(31-30(4,5)6)27(32)23-16-17-25(35-28(33)21-12-8-19(2)9-13-21)26(18-23)36-29(34)22-14-10-20(3)11-15-22/h8-18,24,27,31-32H,7H2,1-6H3. The molecular weight excluding hydrogens is 454 g/mol. The van der Waals surface area contributed by atoms with Gasteiger partial charge in [0.2, 0.25) is 0 Å². The fourth-order valence-corrected chi connectivity index (χ4v) is 3.76. The number of ether oxygens (including phenoxy) is 2. The van der Waals surface area contributed by atoms with Gasteiger partial charge in [0.05, 0.1) is 17.2 Å². The first-order valence-electron chi connectivity index (χ1n) is 12.1. The Morgan fingerprint density at radius 3 is 1.72 bits per heavy atom. The Balaban J connectivity index is 1.94. The van der Waals surface area contributed by atoms with Crippen molar-refractivity contribution in [2.24, 2.45) is 0 Å². The topological polar surface area (TPSA) is 84.9 Å². The van der Waals surface area contributed by atoms with Gasteiger partial charge in [0.25, 0.3) is 0 Å². The number of benzene rings is 3. The molecule has 3 aromatic carbocycles. The van der Waals surface area contributed by atoms with Crippen LogP contribution in [0, 0.1) is 13.8 Å². The van der Waals surface area contributed by atoms with Crippen molar-refractivity contribution in [3.05, 3.63) is 94.5 Å². The summed E-state index contributed by atoms with van der Waals surface area (Å²) in [5.74, 6) is -1.01. The van der Waals surface area contributed by atoms with Gasteiger partial charge in [0, 0.05) is 11.6 Å². The molecule has 190 valence electrons. The van der Waals surface area contributed by atoms with Crippen molar-refractivity contribution < 1.29 is 24.2 Å². The predicted molar refractivity (Wildman–Crippen MR) is 141 cm³/mol. The molecular formula is C30H35NO5. The zero-order valence-electron chi connectivity index (χ0n) is 21.8. The number of aryl methyl sites for hydroxylation is 2. The summed E-state index contributed by atoms with van der Waals surface area (Å²) in [7, 11) is 0. The van der Waals surface area contributed by atoms with E-state index in [4.69, 9.17) is 9.47 Å². The van der Waals surface area contributed by atoms with E-state index >= 15 is 0 Å². The van der Waals surface area contributed by atoms with E-state index in [-0.39, 0.29) is 23.1 Å². The summed E-state index contributed by atoms with van der Waals surface area (Å²) in [4.78, 5) is 25.7. The molecule has 3 rings (SSSR count). The second-order valence-electron chi connectivity index (χ2n) is 10.1. The van der Waals surface area contributed by atoms with Crippen LogP contribution in [0.15, 0.2) is 66.7 Å². The van der Waals surface area contributed by atoms with Gasteiger partial charge in [-0.3, -0.25) is 0 Å². The van der Waals surface area contributed by atoms with Crippen molar-refractivity contribution >= 4 is 11.9 Å². The number of aliphatic hydroxyl groups is 1. The van der Waals surface area contributed by atoms with Crippen LogP contribution in [0.1, 0.15) is 77.6 Å². The van der Waals surface area contributed by atoms with Gasteiger partial charge >= 0.3 is 11.9 Å². The molecule has 0 aliphatic rings. The molecule has 0 aliphatic carbocycles. The second-order valence-corrected chi connectivity index (χ2v) is 10.1. The highest BCUT2D eigenvalue weighted by atomic mass is 16.6. The Morgan fingerprint density at radius 1 is 0.806 bits per heavy atom. The van der Waals surface area contributed by atoms with Gasteiger partial charge in [-0.2, -0.15) is 0 Å². The van der Waals surface area contributed by atoms with Crippen molar-refractivity contribution in [3.63, 3.8) is 0 Å². The van der Waals surface area contributed by atoms with Gasteiger partial charge in [0.15, 0.2) is 11.5 Å². The van der Waals surface area contributed by atoms with Crippen LogP contribution >= 0.6 is 0 Å². The third kappa shape index (κ3) is 7.26. The highest BCUT2D eigenvalue weighted by Crippen LogP contribution is 2.33. The largest absolute Gasteiger partial charge is 0.419 e. The highest BCUT2D eigenvalue weighted by Gasteiger charge is 2.26. The van der Waals surface area contributed by atoms with Crippen molar-refractivity contribution in [2.75, 3.05) is 0 Å². The zero-order chi connectivity index (χ0) is 26.5. The number of esters is 2. The second kappa shape index (κ2) is 11.5. The number of carbonyl (C=O) groups excluding carboxylic acids is 2. The molecule has 6 nitrogen and oxygen atoms in total. The zero-order valence-corrected chi connectivity index (χ0v) is 21.8. The van der Waals surface area contributed by atoms with Crippen LogP contribution in [0.25, 0.3) is 0 Å². The fourth-order valence-electron chi connectivity index (χ4n) is 3.76. The lowest BCUT2D eigenvalue weighted by molar-refractivity contribution is 0.0680. The maximum Gasteiger partial charge on any atom is 0.343 e. The van der Waals surface area contributed by atoms with Crippen molar-refractivity contribution in [2.45, 2.75) is 65.6 Å². The summed E-state index contributed by atoms with van der Waals surface area (Å²) < 4.78 is 11.3. The van der Waals surface area contributed by atoms with Gasteiger partial charge in [0.1, 0.15) is 0 Å². The molecule has 0 spiro atoms. The average Bonchev–Trinajstić information content (AvgIpc) is 2.83. The fraction of sp³-hybridized carbons (Fsp3) is 0.333. The van der Waals surface area contributed by atoms with E-state index in [1.807, 2.05) is 65.8 Å². The Hall–Kier alpha value is -3.48. The third-order valence-corrected chi connectivity index (χ3v) is 5.73. The van der Waals surface area contributed by atoms with E-state index in [0.29, 0.717) is 23.1 Å². The van der Waals surface area contributed by atoms with Crippen LogP contribution < -0.4 is 14.8 Å². The Morgan fingerprint density at radius 2 is 1.28 bits per heavy atom. The minimum absolute atomic E-state index is 0.0585. The van der Waals surface area contributed by atoms with Crippen LogP contribution in [-0.2, 0) is 0 Å². The molecule has 3 aromatic rings. The summed E-state index contributed by atoms with van der Waals surface area (Å²) in [5.41, 5.74) is 3.12. The number of nitrogens with one attached hydrogen (secondary N) is 1.